The van der Waals surface area contributed by atoms with E-state index in [1.54, 1.807) is 42.7 Å². The fourth-order valence-corrected chi connectivity index (χ4v) is 3.35. The number of para-hydroxylation sites is 1. The zero-order valence-corrected chi connectivity index (χ0v) is 13.0. The molecule has 3 aromatic heterocycles. The Morgan fingerprint density at radius 1 is 1.04 bits per heavy atom. The van der Waals surface area contributed by atoms with Crippen molar-refractivity contribution in [2.75, 3.05) is 4.72 Å². The highest BCUT2D eigenvalue weighted by Gasteiger charge is 2.23. The summed E-state index contributed by atoms with van der Waals surface area (Å²) in [6.07, 6.45) is 5.82. The number of hydrogen-bond acceptors (Lipinski definition) is 6. The first kappa shape index (κ1) is 14.3. The van der Waals surface area contributed by atoms with Crippen LogP contribution in [0.5, 0.6) is 0 Å². The van der Waals surface area contributed by atoms with Gasteiger partial charge in [-0.1, -0.05) is 23.4 Å². The van der Waals surface area contributed by atoms with E-state index in [-0.39, 0.29) is 10.7 Å². The van der Waals surface area contributed by atoms with Crippen LogP contribution in [0.4, 0.5) is 5.69 Å². The molecule has 9 nitrogen and oxygen atoms in total. The van der Waals surface area contributed by atoms with Crippen molar-refractivity contribution in [3.05, 3.63) is 61.2 Å². The summed E-state index contributed by atoms with van der Waals surface area (Å²) in [4.78, 5) is 4.12. The summed E-state index contributed by atoms with van der Waals surface area (Å²) in [5.41, 5.74) is 1.27. The number of aromatic nitrogens is 6. The minimum atomic E-state index is -3.92. The number of nitrogens with zero attached hydrogens (tertiary/aromatic N) is 6. The molecule has 0 atom stereocenters. The second-order valence-corrected chi connectivity index (χ2v) is 6.50. The molecule has 4 rings (SSSR count). The topological polar surface area (TPSA) is 107 Å². The average molecular weight is 341 g/mol. The third-order valence-corrected chi connectivity index (χ3v) is 4.64. The lowest BCUT2D eigenvalue weighted by molar-refractivity contribution is 0.590. The van der Waals surface area contributed by atoms with Gasteiger partial charge in [-0.15, -0.1) is 5.10 Å². The Balaban J connectivity index is 1.76. The maximum absolute atomic E-state index is 12.7. The van der Waals surface area contributed by atoms with E-state index in [0.29, 0.717) is 11.3 Å². The van der Waals surface area contributed by atoms with Gasteiger partial charge >= 0.3 is 0 Å². The van der Waals surface area contributed by atoms with Crippen LogP contribution in [0.3, 0.4) is 0 Å². The van der Waals surface area contributed by atoms with Crippen LogP contribution in [0.1, 0.15) is 0 Å². The minimum Gasteiger partial charge on any atom is -0.273 e. The van der Waals surface area contributed by atoms with Gasteiger partial charge in [0, 0.05) is 12.4 Å². The number of sulfonamides is 1. The van der Waals surface area contributed by atoms with Crippen LogP contribution in [0, 0.1) is 0 Å². The molecule has 10 heteroatoms. The van der Waals surface area contributed by atoms with E-state index < -0.39 is 10.0 Å². The molecule has 0 radical (unpaired) electrons. The van der Waals surface area contributed by atoms with Crippen LogP contribution in [0.15, 0.2) is 66.2 Å². The van der Waals surface area contributed by atoms with Crippen LogP contribution in [0.2, 0.25) is 0 Å². The van der Waals surface area contributed by atoms with Crippen molar-refractivity contribution in [2.24, 2.45) is 0 Å². The summed E-state index contributed by atoms with van der Waals surface area (Å²) in [6.45, 7) is 0. The number of rotatable bonds is 4. The molecule has 0 unspecified atom stereocenters. The molecule has 24 heavy (non-hydrogen) atoms. The van der Waals surface area contributed by atoms with Gasteiger partial charge in [0.1, 0.15) is 5.69 Å². The standard InChI is InChI=1S/C14H11N7O2S/c22-24(23,18-12-9-17-20-8-4-7-15-14(12)20)13-10-16-19-21(13)11-5-2-1-3-6-11/h1-10,18H. The van der Waals surface area contributed by atoms with Crippen molar-refractivity contribution in [3.63, 3.8) is 0 Å². The van der Waals surface area contributed by atoms with E-state index in [1.165, 1.54) is 21.6 Å². The van der Waals surface area contributed by atoms with Crippen LogP contribution in [-0.4, -0.2) is 38.0 Å². The third-order valence-electron chi connectivity index (χ3n) is 3.32. The molecule has 0 aliphatic rings. The van der Waals surface area contributed by atoms with Crippen molar-refractivity contribution in [3.8, 4) is 5.69 Å². The fourth-order valence-electron chi connectivity index (χ4n) is 2.25. The zero-order valence-electron chi connectivity index (χ0n) is 12.2. The molecule has 0 amide bonds. The normalized spacial score (nSPS) is 11.7. The summed E-state index contributed by atoms with van der Waals surface area (Å²) in [7, 11) is -3.92. The Hall–Kier alpha value is -3.27. The molecule has 0 aliphatic heterocycles. The van der Waals surface area contributed by atoms with Gasteiger partial charge in [-0.05, 0) is 18.2 Å². The number of nitrogens with one attached hydrogen (secondary N) is 1. The predicted molar refractivity (Wildman–Crippen MR) is 85.2 cm³/mol. The average Bonchev–Trinajstić information content (AvgIpc) is 3.24. The second kappa shape index (κ2) is 5.42. The van der Waals surface area contributed by atoms with E-state index in [4.69, 9.17) is 0 Å². The maximum Gasteiger partial charge on any atom is 0.281 e. The van der Waals surface area contributed by atoms with Gasteiger partial charge < -0.3 is 0 Å². The Kier molecular flexibility index (Phi) is 3.24. The lowest BCUT2D eigenvalue weighted by Gasteiger charge is -2.08. The molecule has 4 aromatic rings. The lowest BCUT2D eigenvalue weighted by Crippen LogP contribution is -2.17. The highest BCUT2D eigenvalue weighted by molar-refractivity contribution is 7.92. The van der Waals surface area contributed by atoms with Crippen LogP contribution in [-0.2, 0) is 10.0 Å². The first-order valence-electron chi connectivity index (χ1n) is 6.92. The summed E-state index contributed by atoms with van der Waals surface area (Å²) in [5, 5.41) is 11.5. The predicted octanol–water partition coefficient (Wildman–Crippen LogP) is 1.11. The van der Waals surface area contributed by atoms with Crippen molar-refractivity contribution >= 4 is 21.4 Å². The van der Waals surface area contributed by atoms with E-state index >= 15 is 0 Å². The SMILES string of the molecule is O=S(=O)(Nc1cnn2cccnc12)c1cnnn1-c1ccccc1. The fraction of sp³-hybridized carbons (Fsp3) is 0. The molecular weight excluding hydrogens is 330 g/mol. The Morgan fingerprint density at radius 3 is 2.71 bits per heavy atom. The summed E-state index contributed by atoms with van der Waals surface area (Å²) in [6, 6.07) is 10.6. The molecule has 3 heterocycles. The van der Waals surface area contributed by atoms with Crippen LogP contribution < -0.4 is 4.72 Å². The highest BCUT2D eigenvalue weighted by Crippen LogP contribution is 2.20. The second-order valence-electron chi connectivity index (χ2n) is 4.87. The van der Waals surface area contributed by atoms with E-state index in [1.807, 2.05) is 6.07 Å². The molecule has 120 valence electrons. The van der Waals surface area contributed by atoms with Gasteiger partial charge in [-0.25, -0.2) is 9.50 Å². The molecule has 0 bridgehead atoms. The smallest absolute Gasteiger partial charge is 0.273 e. The molecule has 0 fully saturated rings. The van der Waals surface area contributed by atoms with Crippen LogP contribution >= 0.6 is 0 Å². The van der Waals surface area contributed by atoms with Crippen LogP contribution in [0.25, 0.3) is 11.3 Å². The Labute approximate surface area is 136 Å². The third kappa shape index (κ3) is 2.38. The van der Waals surface area contributed by atoms with Gasteiger partial charge in [-0.3, -0.25) is 4.72 Å². The summed E-state index contributed by atoms with van der Waals surface area (Å²) >= 11 is 0. The van der Waals surface area contributed by atoms with E-state index in [0.717, 1.165) is 0 Å². The molecule has 0 saturated heterocycles. The van der Waals surface area contributed by atoms with Crippen molar-refractivity contribution in [2.45, 2.75) is 5.03 Å². The maximum atomic E-state index is 12.7. The summed E-state index contributed by atoms with van der Waals surface area (Å²) in [5.74, 6) is 0. The summed E-state index contributed by atoms with van der Waals surface area (Å²) < 4.78 is 30.7. The first-order chi connectivity index (χ1) is 11.6. The van der Waals surface area contributed by atoms with E-state index in [9.17, 15) is 8.42 Å². The number of hydrogen-bond donors (Lipinski definition) is 1. The zero-order chi connectivity index (χ0) is 16.6. The largest absolute Gasteiger partial charge is 0.281 e. The number of benzene rings is 1. The first-order valence-corrected chi connectivity index (χ1v) is 8.41. The molecule has 0 aliphatic carbocycles. The van der Waals surface area contributed by atoms with Gasteiger partial charge in [0.2, 0.25) is 0 Å². The highest BCUT2D eigenvalue weighted by atomic mass is 32.2. The molecule has 1 aromatic carbocycles. The van der Waals surface area contributed by atoms with Gasteiger partial charge in [0.15, 0.2) is 10.7 Å². The molecule has 1 N–H and O–H groups in total. The number of fused-ring (bicyclic) bond motifs is 1. The van der Waals surface area contributed by atoms with Crippen molar-refractivity contribution in [1.29, 1.82) is 0 Å². The van der Waals surface area contributed by atoms with Crippen molar-refractivity contribution < 1.29 is 8.42 Å². The lowest BCUT2D eigenvalue weighted by atomic mass is 10.3. The van der Waals surface area contributed by atoms with Gasteiger partial charge in [0.05, 0.1) is 18.1 Å². The Bertz CT molecular complexity index is 1100. The monoisotopic (exact) mass is 341 g/mol. The van der Waals surface area contributed by atoms with Gasteiger partial charge in [0.25, 0.3) is 10.0 Å². The number of anilines is 1. The van der Waals surface area contributed by atoms with Crippen molar-refractivity contribution in [1.82, 2.24) is 29.6 Å². The minimum absolute atomic E-state index is 0.0796. The molecular formula is C14H11N7O2S. The van der Waals surface area contributed by atoms with Gasteiger partial charge in [-0.2, -0.15) is 18.2 Å². The molecule has 0 saturated carbocycles. The van der Waals surface area contributed by atoms with E-state index in [2.05, 4.69) is 25.1 Å². The Morgan fingerprint density at radius 2 is 1.88 bits per heavy atom. The molecule has 0 spiro atoms. The quantitative estimate of drug-likeness (QED) is 0.596.